The molecule has 394 valence electrons. The van der Waals surface area contributed by atoms with E-state index >= 15 is 0 Å². The smallest absolute Gasteiger partial charge is 0.135 e. The zero-order valence-corrected chi connectivity index (χ0v) is 47.7. The maximum atomic E-state index is 6.83. The second-order valence-electron chi connectivity index (χ2n) is 21.9. The predicted octanol–water partition coefficient (Wildman–Crippen LogP) is 18.7. The third kappa shape index (κ3) is 9.10. The first-order valence-corrected chi connectivity index (χ1v) is 27.2. The van der Waals surface area contributed by atoms with Crippen LogP contribution in [-0.4, -0.2) is 9.55 Å². The van der Waals surface area contributed by atoms with Crippen LogP contribution in [0.25, 0.3) is 38.8 Å². The van der Waals surface area contributed by atoms with Crippen LogP contribution in [0.1, 0.15) is 73.6 Å². The molecule has 1 aliphatic rings. The molecule has 1 aliphatic heterocycles. The second kappa shape index (κ2) is 21.1. The van der Waals surface area contributed by atoms with Gasteiger partial charge in [-0.1, -0.05) is 208 Å². The first-order valence-electron chi connectivity index (χ1n) is 27.2. The number of benzene rings is 10. The molecule has 0 saturated heterocycles. The van der Waals surface area contributed by atoms with E-state index in [0.717, 1.165) is 72.6 Å². The van der Waals surface area contributed by atoms with E-state index in [4.69, 9.17) is 9.72 Å². The molecule has 12 aromatic rings. The Kier molecular flexibility index (Phi) is 13.7. The normalized spacial score (nSPS) is 12.6. The van der Waals surface area contributed by atoms with Crippen LogP contribution in [0.5, 0.6) is 11.5 Å². The van der Waals surface area contributed by atoms with E-state index in [-0.39, 0.29) is 26.5 Å². The number of fused-ring (bicyclic) bond motifs is 4. The van der Waals surface area contributed by atoms with Gasteiger partial charge in [-0.2, -0.15) is 12.1 Å². The van der Waals surface area contributed by atoms with Gasteiger partial charge in [-0.25, -0.2) is 4.98 Å². The van der Waals surface area contributed by atoms with Gasteiger partial charge in [0.05, 0.1) is 0 Å². The van der Waals surface area contributed by atoms with Gasteiger partial charge in [-0.15, -0.1) is 48.1 Å². The minimum atomic E-state index is -0.656. The maximum absolute atomic E-state index is 6.83. The first kappa shape index (κ1) is 52.0. The Morgan fingerprint density at radius 3 is 1.49 bits per heavy atom. The van der Waals surface area contributed by atoms with E-state index in [9.17, 15) is 0 Å². The van der Waals surface area contributed by atoms with Crippen molar-refractivity contribution < 1.29 is 25.8 Å². The fourth-order valence-corrected chi connectivity index (χ4v) is 11.9. The van der Waals surface area contributed by atoms with Crippen LogP contribution in [0.2, 0.25) is 0 Å². The first-order chi connectivity index (χ1) is 38.6. The number of pyridine rings is 1. The number of hydrogen-bond acceptors (Lipinski definition) is 4. The van der Waals surface area contributed by atoms with Crippen molar-refractivity contribution in [3.63, 3.8) is 0 Å². The molecule has 80 heavy (non-hydrogen) atoms. The fourth-order valence-electron chi connectivity index (χ4n) is 11.9. The van der Waals surface area contributed by atoms with Gasteiger partial charge in [0.1, 0.15) is 5.82 Å². The second-order valence-corrected chi connectivity index (χ2v) is 21.9. The Hall–Kier alpha value is -8.76. The molecule has 13 rings (SSSR count). The molecule has 0 spiro atoms. The molecular weight excluding hydrogens is 1160 g/mol. The van der Waals surface area contributed by atoms with Gasteiger partial charge in [-0.3, -0.25) is 0 Å². The van der Waals surface area contributed by atoms with Crippen LogP contribution in [0.15, 0.2) is 261 Å². The zero-order valence-electron chi connectivity index (χ0n) is 45.4. The van der Waals surface area contributed by atoms with Gasteiger partial charge in [0.2, 0.25) is 0 Å². The maximum Gasteiger partial charge on any atom is 0.135 e. The van der Waals surface area contributed by atoms with Gasteiger partial charge in [0, 0.05) is 72.2 Å². The summed E-state index contributed by atoms with van der Waals surface area (Å²) in [4.78, 5) is 9.60. The summed E-state index contributed by atoms with van der Waals surface area (Å²) in [5.74, 6) is 2.00. The molecule has 0 fully saturated rings. The summed E-state index contributed by atoms with van der Waals surface area (Å²) >= 11 is 0. The number of nitrogens with zero attached hydrogens (tertiary/aromatic N) is 4. The summed E-state index contributed by atoms with van der Waals surface area (Å²) < 4.78 is 9.03. The van der Waals surface area contributed by atoms with E-state index in [1.54, 1.807) is 0 Å². The van der Waals surface area contributed by atoms with Crippen LogP contribution in [-0.2, 0) is 37.3 Å². The standard InChI is InChI=1S/C74H59N4O.Pt/c1-72(2,3)58-44-45-75-70(48-58)78-66-39-22-21-38-62(66)63-43-42-61(50-69(63)78)79-60-37-25-36-59(49-60)76-51-77(68-41-24-23-40-67(68)76)71-64(73(4,54-28-13-7-14-29-54)55-30-15-8-16-31-55)46-53(52-26-11-6-12-27-52)47-65(71)74(5,56-32-17-9-18-33-56)57-34-19-10-20-35-57;/h6-48,51H,1-5H3;/q-3;. The average Bonchev–Trinajstić information content (AvgIpc) is 4.12. The van der Waals surface area contributed by atoms with Crippen molar-refractivity contribution in [2.24, 2.45) is 0 Å². The third-order valence-corrected chi connectivity index (χ3v) is 16.2. The van der Waals surface area contributed by atoms with E-state index in [2.05, 4.69) is 304 Å². The molecular formula is C74H59N4OPt-3. The third-order valence-electron chi connectivity index (χ3n) is 16.2. The number of ether oxygens (including phenoxy) is 1. The van der Waals surface area contributed by atoms with Crippen molar-refractivity contribution >= 4 is 44.6 Å². The monoisotopic (exact) mass is 1210 g/mol. The minimum absolute atomic E-state index is 0. The van der Waals surface area contributed by atoms with E-state index < -0.39 is 10.8 Å². The number of aromatic nitrogens is 2. The SMILES string of the molecule is CC(C)(C)c1ccnc(-n2c3[c-]c(Oc4[c-]c(N5[CH-]N(c6c(C(C)(c7ccccc7)c7ccccc7)cc(-c7ccccc7)cc6C(C)(c6ccccc6)c6ccccc6)c6ccccc65)ccc4)ccc3c3ccccc32)c1.[Pt]. The number of para-hydroxylation sites is 3. The summed E-state index contributed by atoms with van der Waals surface area (Å²) in [6.07, 6.45) is 1.91. The topological polar surface area (TPSA) is 33.5 Å². The molecule has 6 heteroatoms. The zero-order chi connectivity index (χ0) is 53.7. The summed E-state index contributed by atoms with van der Waals surface area (Å²) in [5.41, 5.74) is 15.1. The van der Waals surface area contributed by atoms with Crippen LogP contribution in [0.4, 0.5) is 22.7 Å². The van der Waals surface area contributed by atoms with Crippen LogP contribution >= 0.6 is 0 Å². The van der Waals surface area contributed by atoms with Crippen LogP contribution in [0, 0.1) is 18.8 Å². The quantitative estimate of drug-likeness (QED) is 0.0902. The Morgan fingerprint density at radius 1 is 0.425 bits per heavy atom. The van der Waals surface area contributed by atoms with E-state index in [0.29, 0.717) is 11.5 Å². The summed E-state index contributed by atoms with van der Waals surface area (Å²) in [7, 11) is 0. The largest absolute Gasteiger partial charge is 0.509 e. The molecule has 0 unspecified atom stereocenters. The van der Waals surface area contributed by atoms with Crippen molar-refractivity contribution in [2.45, 2.75) is 50.9 Å². The van der Waals surface area contributed by atoms with Gasteiger partial charge in [-0.05, 0) is 117 Å². The van der Waals surface area contributed by atoms with Crippen LogP contribution in [0.3, 0.4) is 0 Å². The summed E-state index contributed by atoms with van der Waals surface area (Å²) in [5, 5.41) is 2.21. The molecule has 5 nitrogen and oxygen atoms in total. The molecule has 2 aromatic heterocycles. The predicted molar refractivity (Wildman–Crippen MR) is 325 cm³/mol. The number of anilines is 4. The molecule has 0 radical (unpaired) electrons. The molecule has 3 heterocycles. The van der Waals surface area contributed by atoms with Crippen molar-refractivity contribution in [1.29, 1.82) is 0 Å². The van der Waals surface area contributed by atoms with Crippen molar-refractivity contribution in [3.05, 3.63) is 319 Å². The molecule has 0 saturated carbocycles. The van der Waals surface area contributed by atoms with Gasteiger partial charge in [0.25, 0.3) is 0 Å². The molecule has 0 N–H and O–H groups in total. The van der Waals surface area contributed by atoms with Crippen molar-refractivity contribution in [3.8, 4) is 28.4 Å². The van der Waals surface area contributed by atoms with Crippen molar-refractivity contribution in [2.75, 3.05) is 9.80 Å². The molecule has 10 aromatic carbocycles. The molecule has 0 bridgehead atoms. The van der Waals surface area contributed by atoms with Gasteiger partial charge in [0.15, 0.2) is 0 Å². The van der Waals surface area contributed by atoms with Crippen LogP contribution < -0.4 is 14.5 Å². The summed E-state index contributed by atoms with van der Waals surface area (Å²) in [6.45, 7) is 13.8. The average molecular weight is 1220 g/mol. The van der Waals surface area contributed by atoms with Gasteiger partial charge < -0.3 is 19.1 Å². The van der Waals surface area contributed by atoms with Gasteiger partial charge >= 0.3 is 0 Å². The molecule has 0 amide bonds. The molecule has 0 atom stereocenters. The Bertz CT molecular complexity index is 3970. The van der Waals surface area contributed by atoms with E-state index in [1.165, 1.54) is 27.8 Å². The Morgan fingerprint density at radius 2 is 0.925 bits per heavy atom. The minimum Gasteiger partial charge on any atom is -0.509 e. The van der Waals surface area contributed by atoms with Crippen molar-refractivity contribution in [1.82, 2.24) is 9.55 Å². The number of rotatable bonds is 12. The Balaban J connectivity index is 0.00000637. The summed E-state index contributed by atoms with van der Waals surface area (Å²) in [6, 6.07) is 98.9. The Labute approximate surface area is 484 Å². The fraction of sp³-hybridized carbons (Fsp3) is 0.108. The van der Waals surface area contributed by atoms with E-state index in [1.807, 2.05) is 24.4 Å². The molecule has 0 aliphatic carbocycles. The number of hydrogen-bond donors (Lipinski definition) is 0.